The number of benzene rings is 2. The van der Waals surface area contributed by atoms with Gasteiger partial charge in [0, 0.05) is 6.42 Å². The summed E-state index contributed by atoms with van der Waals surface area (Å²) in [5.74, 6) is -0.461. The molecule has 3 rings (SSSR count). The molecule has 1 heterocycles. The van der Waals surface area contributed by atoms with Crippen LogP contribution in [0.4, 0.5) is 0 Å². The van der Waals surface area contributed by atoms with Crippen molar-refractivity contribution in [2.45, 2.75) is 50.5 Å². The van der Waals surface area contributed by atoms with Gasteiger partial charge in [-0.3, -0.25) is 0 Å². The number of aliphatic hydroxyl groups is 1. The number of methoxy groups -OCH3 is 1. The van der Waals surface area contributed by atoms with Crippen LogP contribution in [0.25, 0.3) is 0 Å². The molecule has 156 valence electrons. The first kappa shape index (κ1) is 21.7. The number of hydrogen-bond donors (Lipinski definition) is 1. The van der Waals surface area contributed by atoms with Gasteiger partial charge in [-0.2, -0.15) is 0 Å². The molecule has 0 bridgehead atoms. The van der Waals surface area contributed by atoms with Crippen molar-refractivity contribution in [3.05, 3.63) is 60.7 Å². The fourth-order valence-corrected chi connectivity index (χ4v) is 8.70. The Morgan fingerprint density at radius 2 is 1.59 bits per heavy atom. The highest BCUT2D eigenvalue weighted by Crippen LogP contribution is 2.37. The summed E-state index contributed by atoms with van der Waals surface area (Å²) in [4.78, 5) is 11.8. The second-order valence-electron chi connectivity index (χ2n) is 8.46. The molecule has 5 nitrogen and oxygen atoms in total. The Labute approximate surface area is 173 Å². The third-order valence-corrected chi connectivity index (χ3v) is 10.6. The molecule has 1 aliphatic heterocycles. The molecule has 1 N–H and O–H groups in total. The number of carbonyl (C=O) groups is 1. The van der Waals surface area contributed by atoms with Crippen molar-refractivity contribution in [2.75, 3.05) is 13.7 Å². The highest BCUT2D eigenvalue weighted by Gasteiger charge is 2.51. The normalized spacial score (nSPS) is 22.4. The van der Waals surface area contributed by atoms with Crippen molar-refractivity contribution >= 4 is 24.7 Å². The lowest BCUT2D eigenvalue weighted by atomic mass is 10.1. The van der Waals surface area contributed by atoms with Gasteiger partial charge in [-0.05, 0) is 15.4 Å². The summed E-state index contributed by atoms with van der Waals surface area (Å²) in [5, 5.41) is 12.6. The maximum atomic E-state index is 11.8. The average molecular weight is 415 g/mol. The number of hydrogen-bond acceptors (Lipinski definition) is 5. The second-order valence-corrected chi connectivity index (χ2v) is 12.8. The number of esters is 1. The predicted octanol–water partition coefficient (Wildman–Crippen LogP) is 2.25. The van der Waals surface area contributed by atoms with Crippen LogP contribution in [-0.4, -0.2) is 51.4 Å². The smallest absolute Gasteiger partial charge is 0.335 e. The molecule has 6 heteroatoms. The maximum absolute atomic E-state index is 11.8. The monoisotopic (exact) mass is 414 g/mol. The van der Waals surface area contributed by atoms with E-state index in [9.17, 15) is 9.90 Å². The Morgan fingerprint density at radius 3 is 2.03 bits per heavy atom. The zero-order chi connectivity index (χ0) is 21.1. The topological polar surface area (TPSA) is 65.0 Å². The minimum absolute atomic E-state index is 0.166. The Morgan fingerprint density at radius 1 is 1.07 bits per heavy atom. The fraction of sp³-hybridized carbons (Fsp3) is 0.435. The van der Waals surface area contributed by atoms with Crippen LogP contribution in [0.5, 0.6) is 0 Å². The predicted molar refractivity (Wildman–Crippen MR) is 115 cm³/mol. The highest BCUT2D eigenvalue weighted by atomic mass is 28.4. The van der Waals surface area contributed by atoms with Gasteiger partial charge in [0.2, 0.25) is 0 Å². The summed E-state index contributed by atoms with van der Waals surface area (Å²) in [6.45, 7) is 6.80. The van der Waals surface area contributed by atoms with Gasteiger partial charge >= 0.3 is 5.97 Å². The molecule has 0 amide bonds. The van der Waals surface area contributed by atoms with Crippen molar-refractivity contribution in [3.8, 4) is 0 Å². The number of aliphatic hydroxyl groups excluding tert-OH is 1. The summed E-state index contributed by atoms with van der Waals surface area (Å²) >= 11 is 0. The molecule has 3 atom stereocenters. The SMILES string of the molecule is COC(=O)[C@H]1C[C@H](O)[C@H](CO[Si](c2ccccc2)(c2ccccc2)C(C)(C)C)O1. The van der Waals surface area contributed by atoms with E-state index < -0.39 is 32.6 Å². The Balaban J connectivity index is 1.95. The quantitative estimate of drug-likeness (QED) is 0.580. The molecule has 29 heavy (non-hydrogen) atoms. The van der Waals surface area contributed by atoms with Crippen molar-refractivity contribution in [1.29, 1.82) is 0 Å². The minimum Gasteiger partial charge on any atom is -0.467 e. The molecular formula is C23H30O5Si. The third-order valence-electron chi connectivity index (χ3n) is 5.57. The molecule has 0 aliphatic carbocycles. The zero-order valence-electron chi connectivity index (χ0n) is 17.5. The first-order chi connectivity index (χ1) is 13.8. The molecule has 1 fully saturated rings. The summed E-state index contributed by atoms with van der Waals surface area (Å²) in [6.07, 6.45) is -1.86. The van der Waals surface area contributed by atoms with Gasteiger partial charge in [0.1, 0.15) is 6.10 Å². The van der Waals surface area contributed by atoms with E-state index in [2.05, 4.69) is 45.0 Å². The van der Waals surface area contributed by atoms with Crippen molar-refractivity contribution in [2.24, 2.45) is 0 Å². The molecule has 2 aromatic carbocycles. The molecule has 0 unspecified atom stereocenters. The van der Waals surface area contributed by atoms with Crippen LogP contribution in [0.15, 0.2) is 60.7 Å². The first-order valence-electron chi connectivity index (χ1n) is 9.96. The Kier molecular flexibility index (Phi) is 6.58. The van der Waals surface area contributed by atoms with Gasteiger partial charge in [0.05, 0.1) is 19.8 Å². The largest absolute Gasteiger partial charge is 0.467 e. The zero-order valence-corrected chi connectivity index (χ0v) is 18.5. The van der Waals surface area contributed by atoms with Crippen LogP contribution in [0, 0.1) is 0 Å². The van der Waals surface area contributed by atoms with E-state index >= 15 is 0 Å². The van der Waals surface area contributed by atoms with Crippen LogP contribution < -0.4 is 10.4 Å². The van der Waals surface area contributed by atoms with Crippen molar-refractivity contribution in [1.82, 2.24) is 0 Å². The highest BCUT2D eigenvalue weighted by molar-refractivity contribution is 6.99. The van der Waals surface area contributed by atoms with Crippen LogP contribution in [0.2, 0.25) is 5.04 Å². The minimum atomic E-state index is -2.71. The molecule has 0 aromatic heterocycles. The molecule has 0 spiro atoms. The third kappa shape index (κ3) is 4.30. The van der Waals surface area contributed by atoms with E-state index in [-0.39, 0.29) is 18.1 Å². The molecule has 0 radical (unpaired) electrons. The van der Waals surface area contributed by atoms with Crippen LogP contribution in [-0.2, 0) is 18.7 Å². The maximum Gasteiger partial charge on any atom is 0.335 e. The fourth-order valence-electron chi connectivity index (χ4n) is 4.13. The van der Waals surface area contributed by atoms with E-state index in [1.807, 2.05) is 36.4 Å². The molecular weight excluding hydrogens is 384 g/mol. The Hall–Kier alpha value is -1.99. The van der Waals surface area contributed by atoms with Crippen molar-refractivity contribution < 1.29 is 23.8 Å². The lowest BCUT2D eigenvalue weighted by Gasteiger charge is -2.43. The van der Waals surface area contributed by atoms with Gasteiger partial charge in [-0.25, -0.2) is 4.79 Å². The van der Waals surface area contributed by atoms with Crippen LogP contribution in [0.1, 0.15) is 27.2 Å². The molecule has 0 saturated carbocycles. The number of rotatable bonds is 6. The number of carbonyl (C=O) groups excluding carboxylic acids is 1. The van der Waals surface area contributed by atoms with E-state index in [1.54, 1.807) is 0 Å². The molecule has 2 aromatic rings. The first-order valence-corrected chi connectivity index (χ1v) is 11.9. The average Bonchev–Trinajstić information content (AvgIpc) is 3.09. The standard InChI is InChI=1S/C23H30O5Si/c1-23(2,3)29(17-11-7-5-8-12-17,18-13-9-6-10-14-18)27-16-21-19(24)15-20(28-21)22(25)26-4/h5-14,19-21,24H,15-16H2,1-4H3/t19-,20+,21-/m0/s1. The summed E-state index contributed by atoms with van der Waals surface area (Å²) < 4.78 is 17.3. The van der Waals surface area contributed by atoms with Crippen LogP contribution >= 0.6 is 0 Å². The second kappa shape index (κ2) is 8.79. The summed E-state index contributed by atoms with van der Waals surface area (Å²) in [5.41, 5.74) is 0. The van der Waals surface area contributed by atoms with Gasteiger partial charge in [0.25, 0.3) is 8.32 Å². The van der Waals surface area contributed by atoms with Gasteiger partial charge < -0.3 is 19.0 Å². The Bertz CT molecular complexity index is 764. The van der Waals surface area contributed by atoms with Crippen LogP contribution in [0.3, 0.4) is 0 Å². The lowest BCUT2D eigenvalue weighted by Crippen LogP contribution is -2.67. The van der Waals surface area contributed by atoms with E-state index in [4.69, 9.17) is 13.9 Å². The number of ether oxygens (including phenoxy) is 2. The molecule has 1 saturated heterocycles. The van der Waals surface area contributed by atoms with Gasteiger partial charge in [-0.15, -0.1) is 0 Å². The van der Waals surface area contributed by atoms with Crippen molar-refractivity contribution in [3.63, 3.8) is 0 Å². The van der Waals surface area contributed by atoms with Gasteiger partial charge in [0.15, 0.2) is 6.10 Å². The summed E-state index contributed by atoms with van der Waals surface area (Å²) in [7, 11) is -1.39. The van der Waals surface area contributed by atoms with E-state index in [0.717, 1.165) is 10.4 Å². The van der Waals surface area contributed by atoms with E-state index in [0.29, 0.717) is 0 Å². The molecule has 1 aliphatic rings. The van der Waals surface area contributed by atoms with E-state index in [1.165, 1.54) is 7.11 Å². The van der Waals surface area contributed by atoms with Gasteiger partial charge in [-0.1, -0.05) is 81.4 Å². The lowest BCUT2D eigenvalue weighted by molar-refractivity contribution is -0.153. The summed E-state index contributed by atoms with van der Waals surface area (Å²) in [6, 6.07) is 20.6.